The number of carboxylic acid groups (broad SMARTS) is 1. The van der Waals surface area contributed by atoms with Gasteiger partial charge in [0.2, 0.25) is 0 Å². The molecule has 1 aliphatic carbocycles. The van der Waals surface area contributed by atoms with Crippen LogP contribution in [-0.4, -0.2) is 29.7 Å². The summed E-state index contributed by atoms with van der Waals surface area (Å²) in [5.41, 5.74) is -0.943. The molecular formula is C15H28N2O3. The second kappa shape index (κ2) is 6.95. The number of carbonyl (C=O) groups is 2. The van der Waals surface area contributed by atoms with Gasteiger partial charge in [-0.2, -0.15) is 0 Å². The van der Waals surface area contributed by atoms with Gasteiger partial charge in [-0.3, -0.25) is 4.79 Å². The van der Waals surface area contributed by atoms with Crippen LogP contribution in [0.25, 0.3) is 0 Å². The molecule has 20 heavy (non-hydrogen) atoms. The molecule has 3 N–H and O–H groups in total. The molecule has 116 valence electrons. The highest BCUT2D eigenvalue weighted by Crippen LogP contribution is 2.30. The molecule has 0 radical (unpaired) electrons. The number of urea groups is 1. The molecule has 5 nitrogen and oxygen atoms in total. The molecule has 0 aliphatic heterocycles. The first kappa shape index (κ1) is 16.8. The summed E-state index contributed by atoms with van der Waals surface area (Å²) in [6.07, 6.45) is 4.55. The number of nitrogens with one attached hydrogen (secondary N) is 2. The van der Waals surface area contributed by atoms with Crippen LogP contribution in [-0.2, 0) is 4.79 Å². The monoisotopic (exact) mass is 284 g/mol. The summed E-state index contributed by atoms with van der Waals surface area (Å²) < 4.78 is 0. The van der Waals surface area contributed by atoms with Crippen LogP contribution in [0.2, 0.25) is 0 Å². The van der Waals surface area contributed by atoms with E-state index in [1.807, 2.05) is 0 Å². The number of hydrogen-bond donors (Lipinski definition) is 3. The van der Waals surface area contributed by atoms with E-state index < -0.39 is 11.4 Å². The van der Waals surface area contributed by atoms with E-state index in [-0.39, 0.29) is 18.6 Å². The average molecular weight is 284 g/mol. The molecule has 5 heteroatoms. The van der Waals surface area contributed by atoms with Crippen LogP contribution in [0.4, 0.5) is 4.79 Å². The molecular weight excluding hydrogens is 256 g/mol. The van der Waals surface area contributed by atoms with Gasteiger partial charge in [-0.15, -0.1) is 0 Å². The Morgan fingerprint density at radius 2 is 1.85 bits per heavy atom. The van der Waals surface area contributed by atoms with Crippen molar-refractivity contribution < 1.29 is 14.7 Å². The van der Waals surface area contributed by atoms with Gasteiger partial charge >= 0.3 is 12.0 Å². The smallest absolute Gasteiger partial charge is 0.315 e. The Kier molecular flexibility index (Phi) is 5.84. The SMILES string of the molecule is CC(C)C1CCCCC1NC(=O)NCC(C)(C)C(=O)O. The fourth-order valence-corrected chi connectivity index (χ4v) is 2.73. The maximum absolute atomic E-state index is 11.9. The Balaban J connectivity index is 2.46. The number of rotatable bonds is 5. The molecule has 1 aliphatic rings. The molecule has 0 saturated heterocycles. The van der Waals surface area contributed by atoms with Crippen LogP contribution < -0.4 is 10.6 Å². The molecule has 0 spiro atoms. The van der Waals surface area contributed by atoms with E-state index in [4.69, 9.17) is 5.11 Å². The molecule has 1 rings (SSSR count). The van der Waals surface area contributed by atoms with Crippen LogP contribution in [0, 0.1) is 17.3 Å². The summed E-state index contributed by atoms with van der Waals surface area (Å²) in [4.78, 5) is 22.9. The van der Waals surface area contributed by atoms with Gasteiger partial charge in [0.05, 0.1) is 5.41 Å². The predicted molar refractivity (Wildman–Crippen MR) is 78.5 cm³/mol. The maximum atomic E-state index is 11.9. The number of aliphatic carboxylic acids is 1. The molecule has 2 unspecified atom stereocenters. The predicted octanol–water partition coefficient (Wildman–Crippen LogP) is 2.61. The lowest BCUT2D eigenvalue weighted by Crippen LogP contribution is -2.50. The van der Waals surface area contributed by atoms with Gasteiger partial charge in [-0.25, -0.2) is 4.79 Å². The Morgan fingerprint density at radius 1 is 1.25 bits per heavy atom. The number of hydrogen-bond acceptors (Lipinski definition) is 2. The molecule has 1 fully saturated rings. The van der Waals surface area contributed by atoms with Gasteiger partial charge < -0.3 is 15.7 Å². The van der Waals surface area contributed by atoms with E-state index in [2.05, 4.69) is 24.5 Å². The van der Waals surface area contributed by atoms with Gasteiger partial charge in [-0.1, -0.05) is 26.7 Å². The Morgan fingerprint density at radius 3 is 2.40 bits per heavy atom. The van der Waals surface area contributed by atoms with Gasteiger partial charge in [-0.05, 0) is 38.5 Å². The minimum Gasteiger partial charge on any atom is -0.481 e. The fourth-order valence-electron chi connectivity index (χ4n) is 2.73. The highest BCUT2D eigenvalue weighted by molar-refractivity contribution is 5.77. The normalized spacial score (nSPS) is 23.4. The van der Waals surface area contributed by atoms with E-state index in [0.717, 1.165) is 19.3 Å². The Hall–Kier alpha value is -1.26. The zero-order valence-corrected chi connectivity index (χ0v) is 13.0. The number of carbonyl (C=O) groups excluding carboxylic acids is 1. The summed E-state index contributed by atoms with van der Waals surface area (Å²) in [7, 11) is 0. The van der Waals surface area contributed by atoms with Crippen LogP contribution in [0.3, 0.4) is 0 Å². The van der Waals surface area contributed by atoms with Gasteiger partial charge in [0.1, 0.15) is 0 Å². The van der Waals surface area contributed by atoms with Gasteiger partial charge in [0.15, 0.2) is 0 Å². The minimum atomic E-state index is -0.943. The van der Waals surface area contributed by atoms with Crippen molar-refractivity contribution in [1.29, 1.82) is 0 Å². The van der Waals surface area contributed by atoms with Crippen LogP contribution in [0.5, 0.6) is 0 Å². The number of amides is 2. The second-order valence-electron chi connectivity index (χ2n) is 6.81. The third kappa shape index (κ3) is 4.69. The third-order valence-electron chi connectivity index (χ3n) is 4.26. The largest absolute Gasteiger partial charge is 0.481 e. The first-order chi connectivity index (χ1) is 9.24. The van der Waals surface area contributed by atoms with Crippen LogP contribution in [0.1, 0.15) is 53.4 Å². The highest BCUT2D eigenvalue weighted by atomic mass is 16.4. The van der Waals surface area contributed by atoms with Crippen molar-refractivity contribution in [3.8, 4) is 0 Å². The van der Waals surface area contributed by atoms with E-state index in [1.165, 1.54) is 6.42 Å². The summed E-state index contributed by atoms with van der Waals surface area (Å²) in [6.45, 7) is 7.72. The fraction of sp³-hybridized carbons (Fsp3) is 0.867. The van der Waals surface area contributed by atoms with E-state index in [1.54, 1.807) is 13.8 Å². The molecule has 0 aromatic rings. The van der Waals surface area contributed by atoms with E-state index >= 15 is 0 Å². The standard InChI is InChI=1S/C15H28N2O3/c1-10(2)11-7-5-6-8-12(11)17-14(20)16-9-15(3,4)13(18)19/h10-12H,5-9H2,1-4H3,(H,18,19)(H2,16,17,20). The summed E-state index contributed by atoms with van der Waals surface area (Å²) in [6, 6.07) is -0.0476. The first-order valence-corrected chi connectivity index (χ1v) is 7.52. The summed E-state index contributed by atoms with van der Waals surface area (Å²) >= 11 is 0. The molecule has 1 saturated carbocycles. The molecule has 0 aromatic carbocycles. The van der Waals surface area contributed by atoms with Crippen LogP contribution >= 0.6 is 0 Å². The third-order valence-corrected chi connectivity index (χ3v) is 4.26. The van der Waals surface area contributed by atoms with Crippen molar-refractivity contribution >= 4 is 12.0 Å². The number of carboxylic acids is 1. The minimum absolute atomic E-state index is 0.132. The first-order valence-electron chi connectivity index (χ1n) is 7.52. The highest BCUT2D eigenvalue weighted by Gasteiger charge is 2.30. The molecule has 2 amide bonds. The van der Waals surface area contributed by atoms with Crippen molar-refractivity contribution in [3.05, 3.63) is 0 Å². The summed E-state index contributed by atoms with van der Waals surface area (Å²) in [5, 5.41) is 14.7. The van der Waals surface area contributed by atoms with Gasteiger partial charge in [0, 0.05) is 12.6 Å². The van der Waals surface area contributed by atoms with Crippen molar-refractivity contribution in [2.75, 3.05) is 6.54 Å². The van der Waals surface area contributed by atoms with Gasteiger partial charge in [0.25, 0.3) is 0 Å². The average Bonchev–Trinajstić information content (AvgIpc) is 2.36. The lowest BCUT2D eigenvalue weighted by atomic mass is 9.78. The molecule has 0 bridgehead atoms. The summed E-state index contributed by atoms with van der Waals surface area (Å²) in [5.74, 6) is 0.161. The van der Waals surface area contributed by atoms with Crippen molar-refractivity contribution in [2.45, 2.75) is 59.4 Å². The molecule has 0 aromatic heterocycles. The lowest BCUT2D eigenvalue weighted by Gasteiger charge is -2.35. The Labute approximate surface area is 121 Å². The maximum Gasteiger partial charge on any atom is 0.315 e. The quantitative estimate of drug-likeness (QED) is 0.726. The van der Waals surface area contributed by atoms with E-state index in [0.29, 0.717) is 11.8 Å². The van der Waals surface area contributed by atoms with E-state index in [9.17, 15) is 9.59 Å². The van der Waals surface area contributed by atoms with Crippen molar-refractivity contribution in [3.63, 3.8) is 0 Å². The van der Waals surface area contributed by atoms with Crippen molar-refractivity contribution in [2.24, 2.45) is 17.3 Å². The van der Waals surface area contributed by atoms with Crippen molar-refractivity contribution in [1.82, 2.24) is 10.6 Å². The molecule has 0 heterocycles. The Bertz CT molecular complexity index is 353. The zero-order chi connectivity index (χ0) is 15.3. The topological polar surface area (TPSA) is 78.4 Å². The lowest BCUT2D eigenvalue weighted by molar-refractivity contribution is -0.146. The zero-order valence-electron chi connectivity index (χ0n) is 13.0. The molecule has 2 atom stereocenters. The van der Waals surface area contributed by atoms with Crippen LogP contribution in [0.15, 0.2) is 0 Å². The second-order valence-corrected chi connectivity index (χ2v) is 6.81.